The summed E-state index contributed by atoms with van der Waals surface area (Å²) >= 11 is 0. The van der Waals surface area contributed by atoms with Crippen molar-refractivity contribution in [2.24, 2.45) is 0 Å². The molecule has 0 spiro atoms. The maximum Gasteiger partial charge on any atom is 0.433 e. The lowest BCUT2D eigenvalue weighted by Crippen LogP contribution is -2.10. The molecular weight excluding hydrogens is 406 g/mol. The largest absolute Gasteiger partial charge is 0.478 e. The highest BCUT2D eigenvalue weighted by molar-refractivity contribution is 6.19. The van der Waals surface area contributed by atoms with Crippen LogP contribution < -0.4 is 0 Å². The molecule has 30 heavy (non-hydrogen) atoms. The van der Waals surface area contributed by atoms with Gasteiger partial charge in [-0.1, -0.05) is 0 Å². The Hall–Kier alpha value is -3.63. The highest BCUT2D eigenvalue weighted by atomic mass is 19.4. The van der Waals surface area contributed by atoms with Gasteiger partial charge >= 0.3 is 12.1 Å². The first-order valence-corrected chi connectivity index (χ1v) is 8.78. The van der Waals surface area contributed by atoms with Gasteiger partial charge in [-0.25, -0.2) is 24.4 Å². The lowest BCUT2D eigenvalue weighted by Gasteiger charge is -2.09. The lowest BCUT2D eigenvalue weighted by atomic mass is 10.1. The zero-order valence-corrected chi connectivity index (χ0v) is 15.1. The zero-order chi connectivity index (χ0) is 21.5. The second-order valence-electron chi connectivity index (χ2n) is 6.70. The van der Waals surface area contributed by atoms with Crippen molar-refractivity contribution in [3.63, 3.8) is 0 Å². The number of pyridine rings is 2. The number of carboxylic acid groups (broad SMARTS) is 1. The molecular formula is C19H13F4N5O2. The Labute approximate surface area is 166 Å². The van der Waals surface area contributed by atoms with E-state index in [1.54, 1.807) is 0 Å². The smallest absolute Gasteiger partial charge is 0.433 e. The van der Waals surface area contributed by atoms with Gasteiger partial charge < -0.3 is 5.11 Å². The van der Waals surface area contributed by atoms with E-state index in [2.05, 4.69) is 20.1 Å². The van der Waals surface area contributed by atoms with Crippen LogP contribution in [0.4, 0.5) is 17.6 Å². The molecule has 4 rings (SSSR count). The Bertz CT molecular complexity index is 1150. The van der Waals surface area contributed by atoms with E-state index in [1.807, 2.05) is 0 Å². The van der Waals surface area contributed by atoms with Gasteiger partial charge in [-0.05, 0) is 36.6 Å². The summed E-state index contributed by atoms with van der Waals surface area (Å²) in [4.78, 5) is 22.6. The molecule has 3 aromatic heterocycles. The fourth-order valence-corrected chi connectivity index (χ4v) is 2.84. The number of alkyl halides is 3. The standard InChI is InChI=1S/C19H13F4N5O2/c20-16-7-11(3-4-24-16)13(18(29)30)8-28-9-25-17(27-28)12-5-14(10-1-2-10)26-15(6-12)19(21,22)23/h3-10H,1-2H2,(H,29,30)/b13-8+. The first kappa shape index (κ1) is 19.7. The molecule has 0 bridgehead atoms. The summed E-state index contributed by atoms with van der Waals surface area (Å²) in [7, 11) is 0. The van der Waals surface area contributed by atoms with Crippen LogP contribution in [-0.2, 0) is 11.0 Å². The van der Waals surface area contributed by atoms with Crippen molar-refractivity contribution < 1.29 is 27.5 Å². The van der Waals surface area contributed by atoms with E-state index in [1.165, 1.54) is 12.1 Å². The number of hydrogen-bond donors (Lipinski definition) is 1. The molecule has 0 atom stereocenters. The number of aliphatic carboxylic acids is 1. The summed E-state index contributed by atoms with van der Waals surface area (Å²) in [5.74, 6) is -2.25. The molecule has 0 unspecified atom stereocenters. The van der Waals surface area contributed by atoms with Crippen LogP contribution in [0.2, 0.25) is 0 Å². The predicted octanol–water partition coefficient (Wildman–Crippen LogP) is 3.85. The first-order chi connectivity index (χ1) is 14.2. The van der Waals surface area contributed by atoms with Crippen LogP contribution >= 0.6 is 0 Å². The van der Waals surface area contributed by atoms with Crippen molar-refractivity contribution in [1.82, 2.24) is 24.7 Å². The Morgan fingerprint density at radius 2 is 1.97 bits per heavy atom. The molecule has 1 fully saturated rings. The summed E-state index contributed by atoms with van der Waals surface area (Å²) in [6.07, 6.45) is 0.264. The maximum absolute atomic E-state index is 13.3. The van der Waals surface area contributed by atoms with Crippen LogP contribution in [-0.4, -0.2) is 35.8 Å². The fraction of sp³-hybridized carbons (Fsp3) is 0.211. The number of aromatic nitrogens is 5. The summed E-state index contributed by atoms with van der Waals surface area (Å²) < 4.78 is 54.0. The SMILES string of the molecule is O=C(O)/C(=C/n1cnc(-c2cc(C3CC3)nc(C(F)(F)F)c2)n1)c1ccnc(F)c1. The Morgan fingerprint density at radius 1 is 1.20 bits per heavy atom. The average Bonchev–Trinajstić information content (AvgIpc) is 3.43. The minimum absolute atomic E-state index is 0.0202. The zero-order valence-electron chi connectivity index (χ0n) is 15.1. The topological polar surface area (TPSA) is 93.8 Å². The van der Waals surface area contributed by atoms with Gasteiger partial charge in [-0.15, -0.1) is 5.10 Å². The molecule has 0 amide bonds. The third kappa shape index (κ3) is 4.19. The summed E-state index contributed by atoms with van der Waals surface area (Å²) in [5, 5.41) is 13.5. The molecule has 11 heteroatoms. The van der Waals surface area contributed by atoms with Crippen molar-refractivity contribution >= 4 is 17.7 Å². The number of hydrogen-bond acceptors (Lipinski definition) is 5. The van der Waals surface area contributed by atoms with Crippen molar-refractivity contribution in [3.05, 3.63) is 59.7 Å². The van der Waals surface area contributed by atoms with Crippen molar-refractivity contribution in [1.29, 1.82) is 0 Å². The maximum atomic E-state index is 13.3. The molecule has 0 saturated heterocycles. The van der Waals surface area contributed by atoms with E-state index in [0.29, 0.717) is 5.69 Å². The number of nitrogens with zero attached hydrogens (tertiary/aromatic N) is 5. The highest BCUT2D eigenvalue weighted by Gasteiger charge is 2.35. The van der Waals surface area contributed by atoms with Crippen LogP contribution in [0.1, 0.15) is 35.7 Å². The minimum Gasteiger partial charge on any atom is -0.478 e. The summed E-state index contributed by atoms with van der Waals surface area (Å²) in [5.41, 5.74) is -0.834. The third-order valence-corrected chi connectivity index (χ3v) is 4.43. The van der Waals surface area contributed by atoms with Crippen molar-refractivity contribution in [2.75, 3.05) is 0 Å². The Balaban J connectivity index is 1.72. The van der Waals surface area contributed by atoms with Gasteiger partial charge in [0, 0.05) is 35.6 Å². The van der Waals surface area contributed by atoms with Gasteiger partial charge in [-0.3, -0.25) is 0 Å². The second kappa shape index (κ2) is 7.32. The highest BCUT2D eigenvalue weighted by Crippen LogP contribution is 2.41. The van der Waals surface area contributed by atoms with Crippen LogP contribution in [0.15, 0.2) is 36.8 Å². The molecule has 1 aliphatic carbocycles. The second-order valence-corrected chi connectivity index (χ2v) is 6.70. The molecule has 1 N–H and O–H groups in total. The molecule has 1 aliphatic rings. The molecule has 1 saturated carbocycles. The molecule has 3 aromatic rings. The first-order valence-electron chi connectivity index (χ1n) is 8.78. The van der Waals surface area contributed by atoms with Crippen molar-refractivity contribution in [3.8, 4) is 11.4 Å². The number of rotatable bonds is 5. The van der Waals surface area contributed by atoms with E-state index in [-0.39, 0.29) is 28.4 Å². The van der Waals surface area contributed by atoms with Crippen LogP contribution in [0.5, 0.6) is 0 Å². The van der Waals surface area contributed by atoms with Gasteiger partial charge in [0.25, 0.3) is 0 Å². The summed E-state index contributed by atoms with van der Waals surface area (Å²) in [6, 6.07) is 4.61. The summed E-state index contributed by atoms with van der Waals surface area (Å²) in [6.45, 7) is 0. The molecule has 7 nitrogen and oxygen atoms in total. The monoisotopic (exact) mass is 419 g/mol. The quantitative estimate of drug-likeness (QED) is 0.384. The van der Waals surface area contributed by atoms with E-state index < -0.39 is 23.8 Å². The predicted molar refractivity (Wildman–Crippen MR) is 96.2 cm³/mol. The molecule has 0 aromatic carbocycles. The van der Waals surface area contributed by atoms with Crippen molar-refractivity contribution in [2.45, 2.75) is 24.9 Å². The Kier molecular flexibility index (Phi) is 4.80. The van der Waals surface area contributed by atoms with Gasteiger partial charge in [-0.2, -0.15) is 17.6 Å². The molecule has 154 valence electrons. The van der Waals surface area contributed by atoms with Crippen LogP contribution in [0.3, 0.4) is 0 Å². The fourth-order valence-electron chi connectivity index (χ4n) is 2.84. The third-order valence-electron chi connectivity index (χ3n) is 4.43. The molecule has 0 radical (unpaired) electrons. The molecule has 0 aliphatic heterocycles. The van der Waals surface area contributed by atoms with Crippen LogP contribution in [0, 0.1) is 5.95 Å². The van der Waals surface area contributed by atoms with E-state index >= 15 is 0 Å². The molecule has 3 heterocycles. The van der Waals surface area contributed by atoms with E-state index in [9.17, 15) is 27.5 Å². The number of halogens is 4. The number of carboxylic acids is 1. The Morgan fingerprint density at radius 3 is 2.60 bits per heavy atom. The normalized spacial score (nSPS) is 14.7. The van der Waals surface area contributed by atoms with E-state index in [0.717, 1.165) is 48.4 Å². The van der Waals surface area contributed by atoms with Gasteiger partial charge in [0.1, 0.15) is 12.0 Å². The van der Waals surface area contributed by atoms with Gasteiger partial charge in [0.15, 0.2) is 5.82 Å². The lowest BCUT2D eigenvalue weighted by molar-refractivity contribution is -0.141. The van der Waals surface area contributed by atoms with Crippen LogP contribution in [0.25, 0.3) is 23.2 Å². The van der Waals surface area contributed by atoms with Gasteiger partial charge in [0.05, 0.1) is 5.57 Å². The van der Waals surface area contributed by atoms with Gasteiger partial charge in [0.2, 0.25) is 5.95 Å². The minimum atomic E-state index is -4.62. The average molecular weight is 419 g/mol. The van der Waals surface area contributed by atoms with E-state index in [4.69, 9.17) is 0 Å². The number of carbonyl (C=O) groups is 1.